The van der Waals surface area contributed by atoms with Gasteiger partial charge in [0.05, 0.1) is 0 Å². The summed E-state index contributed by atoms with van der Waals surface area (Å²) in [5.74, 6) is 0.704. The van der Waals surface area contributed by atoms with E-state index in [-0.39, 0.29) is 5.82 Å². The zero-order valence-electron chi connectivity index (χ0n) is 4.89. The maximum atomic E-state index is 5.38. The Kier molecular flexibility index (Phi) is 0.830. The number of anilines is 1. The SMILES string of the molecule is Nc1nnnc2c1N=C[N]2. The van der Waals surface area contributed by atoms with Gasteiger partial charge in [0.2, 0.25) is 5.82 Å². The van der Waals surface area contributed by atoms with E-state index in [9.17, 15) is 0 Å². The monoisotopic (exact) mass is 135 g/mol. The van der Waals surface area contributed by atoms with Crippen molar-refractivity contribution in [1.29, 1.82) is 0 Å². The van der Waals surface area contributed by atoms with Gasteiger partial charge in [-0.3, -0.25) is 0 Å². The summed E-state index contributed by atoms with van der Waals surface area (Å²) in [4.78, 5) is 3.82. The van der Waals surface area contributed by atoms with E-state index < -0.39 is 0 Å². The molecule has 0 aromatic carbocycles. The van der Waals surface area contributed by atoms with Crippen LogP contribution in [0.2, 0.25) is 0 Å². The molecule has 0 unspecified atom stereocenters. The molecule has 0 bridgehead atoms. The van der Waals surface area contributed by atoms with Gasteiger partial charge in [-0.05, 0) is 5.21 Å². The fourth-order valence-electron chi connectivity index (χ4n) is 0.674. The van der Waals surface area contributed by atoms with Crippen molar-refractivity contribution in [2.24, 2.45) is 4.99 Å². The van der Waals surface area contributed by atoms with Gasteiger partial charge < -0.3 is 5.73 Å². The number of nitrogens with zero attached hydrogens (tertiary/aromatic N) is 5. The molecule has 1 aliphatic heterocycles. The fraction of sp³-hybridized carbons (Fsp3) is 0. The van der Waals surface area contributed by atoms with Crippen molar-refractivity contribution in [2.75, 3.05) is 5.73 Å². The third-order valence-electron chi connectivity index (χ3n) is 1.11. The van der Waals surface area contributed by atoms with Crippen LogP contribution in [0.3, 0.4) is 0 Å². The highest BCUT2D eigenvalue weighted by Gasteiger charge is 2.13. The van der Waals surface area contributed by atoms with E-state index in [0.29, 0.717) is 11.5 Å². The van der Waals surface area contributed by atoms with Gasteiger partial charge in [0.1, 0.15) is 6.34 Å². The Morgan fingerprint density at radius 1 is 1.30 bits per heavy atom. The Balaban J connectivity index is 2.67. The fourth-order valence-corrected chi connectivity index (χ4v) is 0.674. The topological polar surface area (TPSA) is 91.2 Å². The van der Waals surface area contributed by atoms with Crippen LogP contribution in [0.25, 0.3) is 0 Å². The molecule has 1 radical (unpaired) electrons. The molecule has 0 amide bonds. The van der Waals surface area contributed by atoms with Crippen molar-refractivity contribution in [1.82, 2.24) is 20.7 Å². The van der Waals surface area contributed by atoms with Gasteiger partial charge in [-0.2, -0.15) is 0 Å². The van der Waals surface area contributed by atoms with Crippen molar-refractivity contribution >= 4 is 23.7 Å². The minimum Gasteiger partial charge on any atom is -0.380 e. The predicted octanol–water partition coefficient (Wildman–Crippen LogP) is -0.637. The Hall–Kier alpha value is -1.72. The molecule has 49 valence electrons. The summed E-state index contributed by atoms with van der Waals surface area (Å²) in [6.07, 6.45) is 1.37. The zero-order valence-corrected chi connectivity index (χ0v) is 4.89. The van der Waals surface area contributed by atoms with Crippen LogP contribution in [0.5, 0.6) is 0 Å². The van der Waals surface area contributed by atoms with Crippen LogP contribution in [0.1, 0.15) is 0 Å². The summed E-state index contributed by atoms with van der Waals surface area (Å²) < 4.78 is 0. The van der Waals surface area contributed by atoms with Crippen LogP contribution in [0.15, 0.2) is 4.99 Å². The standard InChI is InChI=1S/C4H3N6/c5-3-2-4(7-1-6-2)9-10-8-3/h1H,(H2,5,8,9). The number of fused-ring (bicyclic) bond motifs is 1. The molecule has 0 saturated carbocycles. The smallest absolute Gasteiger partial charge is 0.207 e. The molecule has 2 rings (SSSR count). The van der Waals surface area contributed by atoms with E-state index in [1.54, 1.807) is 0 Å². The summed E-state index contributed by atoms with van der Waals surface area (Å²) in [7, 11) is 0. The lowest BCUT2D eigenvalue weighted by Crippen LogP contribution is -1.97. The molecule has 2 heterocycles. The van der Waals surface area contributed by atoms with Gasteiger partial charge in [-0.1, -0.05) is 0 Å². The Morgan fingerprint density at radius 2 is 2.20 bits per heavy atom. The van der Waals surface area contributed by atoms with Crippen LogP contribution in [-0.4, -0.2) is 21.7 Å². The van der Waals surface area contributed by atoms with Crippen LogP contribution in [0, 0.1) is 0 Å². The van der Waals surface area contributed by atoms with Gasteiger partial charge in [0.15, 0.2) is 11.5 Å². The summed E-state index contributed by atoms with van der Waals surface area (Å²) >= 11 is 0. The first-order valence-electron chi connectivity index (χ1n) is 2.60. The second kappa shape index (κ2) is 1.63. The molecule has 1 aromatic rings. The first kappa shape index (κ1) is 5.10. The maximum Gasteiger partial charge on any atom is 0.207 e. The highest BCUT2D eigenvalue weighted by atomic mass is 15.4. The number of aromatic nitrogens is 3. The molecule has 0 fully saturated rings. The predicted molar refractivity (Wildman–Crippen MR) is 34.2 cm³/mol. The van der Waals surface area contributed by atoms with E-state index >= 15 is 0 Å². The van der Waals surface area contributed by atoms with E-state index in [2.05, 4.69) is 25.7 Å². The van der Waals surface area contributed by atoms with Gasteiger partial charge in [0, 0.05) is 0 Å². The highest BCUT2D eigenvalue weighted by Crippen LogP contribution is 2.28. The first-order chi connectivity index (χ1) is 4.88. The molecule has 0 aliphatic carbocycles. The zero-order chi connectivity index (χ0) is 6.97. The number of hydrogen-bond acceptors (Lipinski definition) is 5. The van der Waals surface area contributed by atoms with Crippen LogP contribution >= 0.6 is 0 Å². The summed E-state index contributed by atoms with van der Waals surface area (Å²) in [6.45, 7) is 0. The third kappa shape index (κ3) is 0.524. The number of hydrogen-bond donors (Lipinski definition) is 1. The first-order valence-corrected chi connectivity index (χ1v) is 2.60. The molecule has 0 atom stereocenters. The normalized spacial score (nSPS) is 12.8. The molecule has 6 nitrogen and oxygen atoms in total. The summed E-state index contributed by atoms with van der Waals surface area (Å²) in [5.41, 5.74) is 5.89. The van der Waals surface area contributed by atoms with E-state index in [1.165, 1.54) is 6.34 Å². The minimum atomic E-state index is 0.266. The Morgan fingerprint density at radius 3 is 3.00 bits per heavy atom. The highest BCUT2D eigenvalue weighted by molar-refractivity contribution is 5.84. The van der Waals surface area contributed by atoms with Crippen LogP contribution < -0.4 is 11.1 Å². The van der Waals surface area contributed by atoms with Gasteiger partial charge in [0.25, 0.3) is 0 Å². The maximum absolute atomic E-state index is 5.38. The summed E-state index contributed by atoms with van der Waals surface area (Å²) in [6, 6.07) is 0. The second-order valence-electron chi connectivity index (χ2n) is 1.72. The third-order valence-corrected chi connectivity index (χ3v) is 1.11. The number of nitrogens with two attached hydrogens (primary N) is 1. The number of aliphatic imine (C=N–C) groups is 1. The Labute approximate surface area is 56.2 Å². The molecule has 0 saturated heterocycles. The van der Waals surface area contributed by atoms with Crippen LogP contribution in [0.4, 0.5) is 17.3 Å². The van der Waals surface area contributed by atoms with Gasteiger partial charge in [-0.25, -0.2) is 10.3 Å². The van der Waals surface area contributed by atoms with Crippen molar-refractivity contribution in [3.8, 4) is 0 Å². The molecular formula is C4H3N6. The lowest BCUT2D eigenvalue weighted by Gasteiger charge is -1.92. The van der Waals surface area contributed by atoms with Crippen LogP contribution in [-0.2, 0) is 0 Å². The summed E-state index contributed by atoms with van der Waals surface area (Å²) in [5, 5.41) is 14.2. The molecule has 0 spiro atoms. The molecule has 1 aromatic heterocycles. The molecule has 10 heavy (non-hydrogen) atoms. The largest absolute Gasteiger partial charge is 0.380 e. The minimum absolute atomic E-state index is 0.266. The van der Waals surface area contributed by atoms with Crippen molar-refractivity contribution in [2.45, 2.75) is 0 Å². The van der Waals surface area contributed by atoms with E-state index in [1.807, 2.05) is 0 Å². The molecule has 1 aliphatic rings. The number of rotatable bonds is 0. The van der Waals surface area contributed by atoms with Gasteiger partial charge >= 0.3 is 0 Å². The molecule has 2 N–H and O–H groups in total. The lowest BCUT2D eigenvalue weighted by molar-refractivity contribution is 0.866. The van der Waals surface area contributed by atoms with E-state index in [0.717, 1.165) is 0 Å². The average Bonchev–Trinajstić information content (AvgIpc) is 2.36. The van der Waals surface area contributed by atoms with E-state index in [4.69, 9.17) is 5.73 Å². The lowest BCUT2D eigenvalue weighted by atomic mass is 10.5. The average molecular weight is 135 g/mol. The molecule has 6 heteroatoms. The van der Waals surface area contributed by atoms with Crippen molar-refractivity contribution in [3.05, 3.63) is 0 Å². The van der Waals surface area contributed by atoms with Crippen molar-refractivity contribution < 1.29 is 0 Å². The van der Waals surface area contributed by atoms with Gasteiger partial charge in [-0.15, -0.1) is 10.2 Å². The second-order valence-corrected chi connectivity index (χ2v) is 1.72. The Bertz CT molecular complexity index is 292. The molecular weight excluding hydrogens is 132 g/mol. The van der Waals surface area contributed by atoms with Crippen molar-refractivity contribution in [3.63, 3.8) is 0 Å². The number of nitrogen functional groups attached to an aromatic ring is 1. The quantitative estimate of drug-likeness (QED) is 0.512.